The van der Waals surface area contributed by atoms with Crippen LogP contribution < -0.4 is 10.1 Å². The van der Waals surface area contributed by atoms with E-state index in [4.69, 9.17) is 4.74 Å². The number of nitrogens with one attached hydrogen (secondary N) is 1. The van der Waals surface area contributed by atoms with E-state index in [1.165, 1.54) is 0 Å². The summed E-state index contributed by atoms with van der Waals surface area (Å²) in [6, 6.07) is 7.38. The lowest BCUT2D eigenvalue weighted by Gasteiger charge is -2.27. The fourth-order valence-electron chi connectivity index (χ4n) is 1.55. The van der Waals surface area contributed by atoms with Gasteiger partial charge in [0.25, 0.3) is 0 Å². The van der Waals surface area contributed by atoms with E-state index in [2.05, 4.69) is 5.32 Å². The molecule has 0 aliphatic carbocycles. The summed E-state index contributed by atoms with van der Waals surface area (Å²) in [5, 5.41) is 12.1. The van der Waals surface area contributed by atoms with Gasteiger partial charge in [0.1, 0.15) is 5.75 Å². The Kier molecular flexibility index (Phi) is 5.16. The number of benzene rings is 1. The minimum Gasteiger partial charge on any atom is -0.497 e. The number of carbonyl (C=O) groups is 1. The molecule has 0 aromatic heterocycles. The lowest BCUT2D eigenvalue weighted by Crippen LogP contribution is -2.48. The van der Waals surface area contributed by atoms with Crippen molar-refractivity contribution in [3.05, 3.63) is 29.8 Å². The Bertz CT molecular complexity index is 383. The predicted octanol–water partition coefficient (Wildman–Crippen LogP) is 1.51. The number of hydrogen-bond acceptors (Lipinski definition) is 3. The fourth-order valence-corrected chi connectivity index (χ4v) is 1.55. The molecule has 4 nitrogen and oxygen atoms in total. The van der Waals surface area contributed by atoms with Crippen LogP contribution >= 0.6 is 0 Å². The van der Waals surface area contributed by atoms with Gasteiger partial charge < -0.3 is 15.2 Å². The standard InChI is InChI=1S/C14H21NO3/c1-4-14(2,10-16)15-13(17)9-11-5-7-12(18-3)8-6-11/h5-8,16H,4,9-10H2,1-3H3,(H,15,17). The van der Waals surface area contributed by atoms with E-state index in [0.717, 1.165) is 11.3 Å². The van der Waals surface area contributed by atoms with Gasteiger partial charge in [-0.3, -0.25) is 4.79 Å². The monoisotopic (exact) mass is 251 g/mol. The van der Waals surface area contributed by atoms with Crippen molar-refractivity contribution in [3.8, 4) is 5.75 Å². The molecule has 0 radical (unpaired) electrons. The summed E-state index contributed by atoms with van der Waals surface area (Å²) >= 11 is 0. The van der Waals surface area contributed by atoms with Crippen molar-refractivity contribution in [1.29, 1.82) is 0 Å². The van der Waals surface area contributed by atoms with Crippen LogP contribution in [0.4, 0.5) is 0 Å². The molecule has 1 rings (SSSR count). The highest BCUT2D eigenvalue weighted by Gasteiger charge is 2.22. The van der Waals surface area contributed by atoms with Crippen molar-refractivity contribution in [2.45, 2.75) is 32.2 Å². The van der Waals surface area contributed by atoms with Crippen LogP contribution in [-0.4, -0.2) is 30.3 Å². The Morgan fingerprint density at radius 3 is 2.44 bits per heavy atom. The Morgan fingerprint density at radius 1 is 1.39 bits per heavy atom. The Hall–Kier alpha value is -1.55. The molecule has 0 spiro atoms. The first kappa shape index (κ1) is 14.5. The van der Waals surface area contributed by atoms with Crippen LogP contribution in [0.25, 0.3) is 0 Å². The van der Waals surface area contributed by atoms with Crippen LogP contribution in [0.3, 0.4) is 0 Å². The third kappa shape index (κ3) is 4.04. The first-order chi connectivity index (χ1) is 8.53. The molecule has 0 fully saturated rings. The predicted molar refractivity (Wildman–Crippen MR) is 70.6 cm³/mol. The number of aliphatic hydroxyl groups excluding tert-OH is 1. The average molecular weight is 251 g/mol. The summed E-state index contributed by atoms with van der Waals surface area (Å²) in [5.41, 5.74) is 0.383. The molecule has 0 aliphatic heterocycles. The van der Waals surface area contributed by atoms with Gasteiger partial charge in [-0.05, 0) is 31.0 Å². The van der Waals surface area contributed by atoms with E-state index in [0.29, 0.717) is 12.8 Å². The first-order valence-electron chi connectivity index (χ1n) is 6.08. The van der Waals surface area contributed by atoms with E-state index in [9.17, 15) is 9.90 Å². The van der Waals surface area contributed by atoms with Gasteiger partial charge in [-0.25, -0.2) is 0 Å². The molecule has 0 saturated carbocycles. The van der Waals surface area contributed by atoms with Crippen molar-refractivity contribution in [2.24, 2.45) is 0 Å². The number of methoxy groups -OCH3 is 1. The summed E-state index contributed by atoms with van der Waals surface area (Å²) in [5.74, 6) is 0.687. The smallest absolute Gasteiger partial charge is 0.224 e. The number of ether oxygens (including phenoxy) is 1. The maximum atomic E-state index is 11.8. The van der Waals surface area contributed by atoms with Gasteiger partial charge in [0, 0.05) is 0 Å². The highest BCUT2D eigenvalue weighted by molar-refractivity contribution is 5.79. The minimum atomic E-state index is -0.538. The normalized spacial score (nSPS) is 13.8. The second-order valence-electron chi connectivity index (χ2n) is 4.65. The highest BCUT2D eigenvalue weighted by atomic mass is 16.5. The molecular formula is C14H21NO3. The quantitative estimate of drug-likeness (QED) is 0.806. The molecule has 2 N–H and O–H groups in total. The molecule has 1 atom stereocenters. The summed E-state index contributed by atoms with van der Waals surface area (Å²) in [7, 11) is 1.61. The molecule has 1 aromatic carbocycles. The number of carbonyl (C=O) groups excluding carboxylic acids is 1. The molecular weight excluding hydrogens is 230 g/mol. The highest BCUT2D eigenvalue weighted by Crippen LogP contribution is 2.13. The van der Waals surface area contributed by atoms with Crippen molar-refractivity contribution in [2.75, 3.05) is 13.7 Å². The summed E-state index contributed by atoms with van der Waals surface area (Å²) in [6.07, 6.45) is 0.997. The lowest BCUT2D eigenvalue weighted by atomic mass is 9.99. The zero-order valence-corrected chi connectivity index (χ0v) is 11.2. The van der Waals surface area contributed by atoms with Gasteiger partial charge in [0.15, 0.2) is 0 Å². The van der Waals surface area contributed by atoms with Crippen LogP contribution in [0.2, 0.25) is 0 Å². The minimum absolute atomic E-state index is 0.0577. The summed E-state index contributed by atoms with van der Waals surface area (Å²) in [6.45, 7) is 3.71. The van der Waals surface area contributed by atoms with Crippen molar-refractivity contribution >= 4 is 5.91 Å². The van der Waals surface area contributed by atoms with Gasteiger partial charge in [-0.2, -0.15) is 0 Å². The van der Waals surface area contributed by atoms with E-state index in [1.807, 2.05) is 38.1 Å². The Balaban J connectivity index is 2.58. The molecule has 1 aromatic rings. The van der Waals surface area contributed by atoms with Crippen LogP contribution in [0.5, 0.6) is 5.75 Å². The zero-order valence-electron chi connectivity index (χ0n) is 11.2. The molecule has 4 heteroatoms. The molecule has 100 valence electrons. The van der Waals surface area contributed by atoms with E-state index < -0.39 is 5.54 Å². The van der Waals surface area contributed by atoms with Crippen LogP contribution in [0, 0.1) is 0 Å². The third-order valence-corrected chi connectivity index (χ3v) is 3.09. The van der Waals surface area contributed by atoms with Crippen molar-refractivity contribution < 1.29 is 14.6 Å². The molecule has 0 bridgehead atoms. The lowest BCUT2D eigenvalue weighted by molar-refractivity contribution is -0.122. The van der Waals surface area contributed by atoms with Crippen LogP contribution in [-0.2, 0) is 11.2 Å². The zero-order chi connectivity index (χ0) is 13.6. The maximum Gasteiger partial charge on any atom is 0.224 e. The average Bonchev–Trinajstić information content (AvgIpc) is 2.39. The molecule has 0 heterocycles. The van der Waals surface area contributed by atoms with Gasteiger partial charge >= 0.3 is 0 Å². The summed E-state index contributed by atoms with van der Waals surface area (Å²) < 4.78 is 5.06. The van der Waals surface area contributed by atoms with Gasteiger partial charge in [-0.15, -0.1) is 0 Å². The second kappa shape index (κ2) is 6.40. The fraction of sp³-hybridized carbons (Fsp3) is 0.500. The number of amides is 1. The second-order valence-corrected chi connectivity index (χ2v) is 4.65. The number of hydrogen-bond donors (Lipinski definition) is 2. The first-order valence-corrected chi connectivity index (χ1v) is 6.08. The van der Waals surface area contributed by atoms with Gasteiger partial charge in [0.2, 0.25) is 5.91 Å². The number of aliphatic hydroxyl groups is 1. The largest absolute Gasteiger partial charge is 0.497 e. The van der Waals surface area contributed by atoms with Gasteiger partial charge in [-0.1, -0.05) is 19.1 Å². The van der Waals surface area contributed by atoms with E-state index in [1.54, 1.807) is 7.11 Å². The SMILES string of the molecule is CCC(C)(CO)NC(=O)Cc1ccc(OC)cc1. The van der Waals surface area contributed by atoms with Crippen molar-refractivity contribution in [3.63, 3.8) is 0 Å². The maximum absolute atomic E-state index is 11.8. The Morgan fingerprint density at radius 2 is 2.00 bits per heavy atom. The van der Waals surface area contributed by atoms with Crippen LogP contribution in [0.1, 0.15) is 25.8 Å². The molecule has 0 saturated heterocycles. The van der Waals surface area contributed by atoms with Crippen LogP contribution in [0.15, 0.2) is 24.3 Å². The molecule has 1 amide bonds. The molecule has 18 heavy (non-hydrogen) atoms. The van der Waals surface area contributed by atoms with E-state index >= 15 is 0 Å². The molecule has 1 unspecified atom stereocenters. The van der Waals surface area contributed by atoms with Gasteiger partial charge in [0.05, 0.1) is 25.7 Å². The third-order valence-electron chi connectivity index (χ3n) is 3.09. The topological polar surface area (TPSA) is 58.6 Å². The van der Waals surface area contributed by atoms with Crippen molar-refractivity contribution in [1.82, 2.24) is 5.32 Å². The number of rotatable bonds is 6. The summed E-state index contributed by atoms with van der Waals surface area (Å²) in [4.78, 5) is 11.8. The molecule has 0 aliphatic rings. The Labute approximate surface area is 108 Å². The van der Waals surface area contributed by atoms with E-state index in [-0.39, 0.29) is 12.5 Å².